The molecule has 0 aliphatic carbocycles. The van der Waals surface area contributed by atoms with Crippen molar-refractivity contribution < 1.29 is 24.2 Å². The Hall–Kier alpha value is -2.61. The van der Waals surface area contributed by atoms with E-state index in [4.69, 9.17) is 5.73 Å². The van der Waals surface area contributed by atoms with Gasteiger partial charge in [0.2, 0.25) is 11.8 Å². The number of phenols is 1. The molecular formula is C19H29N3O5. The highest BCUT2D eigenvalue weighted by atomic mass is 16.5. The van der Waals surface area contributed by atoms with Crippen LogP contribution < -0.4 is 16.4 Å². The average Bonchev–Trinajstić information content (AvgIpc) is 2.65. The summed E-state index contributed by atoms with van der Waals surface area (Å²) in [6, 6.07) is 3.90. The zero-order valence-corrected chi connectivity index (χ0v) is 16.2. The summed E-state index contributed by atoms with van der Waals surface area (Å²) in [5.74, 6) is -1.52. The third kappa shape index (κ3) is 6.90. The van der Waals surface area contributed by atoms with Gasteiger partial charge in [-0.25, -0.2) is 4.79 Å². The van der Waals surface area contributed by atoms with Crippen molar-refractivity contribution in [2.24, 2.45) is 11.7 Å². The number of phenolic OH excluding ortho intramolecular Hbond substituents is 1. The summed E-state index contributed by atoms with van der Waals surface area (Å²) in [5.41, 5.74) is 6.76. The highest BCUT2D eigenvalue weighted by molar-refractivity contribution is 5.92. The van der Waals surface area contributed by atoms with Crippen molar-refractivity contribution in [3.05, 3.63) is 29.8 Å². The Morgan fingerprint density at radius 2 is 1.70 bits per heavy atom. The second kappa shape index (κ2) is 10.5. The Morgan fingerprint density at radius 3 is 2.22 bits per heavy atom. The molecule has 0 aliphatic heterocycles. The van der Waals surface area contributed by atoms with E-state index in [-0.39, 0.29) is 18.1 Å². The Morgan fingerprint density at radius 1 is 1.11 bits per heavy atom. The normalized spacial score (nSPS) is 15.1. The maximum atomic E-state index is 12.5. The van der Waals surface area contributed by atoms with E-state index in [0.717, 1.165) is 5.56 Å². The fraction of sp³-hybridized carbons (Fsp3) is 0.526. The highest BCUT2D eigenvalue weighted by Crippen LogP contribution is 2.12. The molecule has 8 heteroatoms. The average molecular weight is 379 g/mol. The molecule has 0 unspecified atom stereocenters. The van der Waals surface area contributed by atoms with Crippen LogP contribution in [0.15, 0.2) is 24.3 Å². The molecule has 5 N–H and O–H groups in total. The lowest BCUT2D eigenvalue weighted by Gasteiger charge is -2.26. The molecule has 0 aliphatic rings. The summed E-state index contributed by atoms with van der Waals surface area (Å²) in [5, 5.41) is 14.5. The summed E-state index contributed by atoms with van der Waals surface area (Å²) in [7, 11) is 1.24. The lowest BCUT2D eigenvalue weighted by Crippen LogP contribution is -2.56. The summed E-state index contributed by atoms with van der Waals surface area (Å²) in [6.45, 7) is 5.24. The van der Waals surface area contributed by atoms with E-state index in [1.165, 1.54) is 26.2 Å². The summed E-state index contributed by atoms with van der Waals surface area (Å²) in [6.07, 6.45) is 0.914. The van der Waals surface area contributed by atoms with Crippen molar-refractivity contribution in [1.82, 2.24) is 10.6 Å². The maximum Gasteiger partial charge on any atom is 0.328 e. The lowest BCUT2D eigenvalue weighted by atomic mass is 9.97. The number of amides is 2. The summed E-state index contributed by atoms with van der Waals surface area (Å²) >= 11 is 0. The first kappa shape index (κ1) is 22.4. The van der Waals surface area contributed by atoms with Gasteiger partial charge in [0.15, 0.2) is 0 Å². The SMILES string of the molecule is CC[C@H](C)[C@H](NC(=O)[C@@H](N)Cc1ccc(O)cc1)C(=O)N[C@@H](C)C(=O)OC. The van der Waals surface area contributed by atoms with Gasteiger partial charge in [-0.05, 0) is 37.0 Å². The first-order chi connectivity index (χ1) is 12.7. The van der Waals surface area contributed by atoms with Crippen LogP contribution in [-0.4, -0.2) is 48.1 Å². The van der Waals surface area contributed by atoms with Gasteiger partial charge in [0.05, 0.1) is 13.2 Å². The third-order valence-electron chi connectivity index (χ3n) is 4.44. The molecule has 1 rings (SSSR count). The van der Waals surface area contributed by atoms with Gasteiger partial charge in [0.1, 0.15) is 17.8 Å². The second-order valence-corrected chi connectivity index (χ2v) is 6.60. The Balaban J connectivity index is 2.76. The molecule has 0 aromatic heterocycles. The molecule has 2 amide bonds. The first-order valence-corrected chi connectivity index (χ1v) is 8.91. The third-order valence-corrected chi connectivity index (χ3v) is 4.44. The number of carbonyl (C=O) groups excluding carboxylic acids is 3. The van der Waals surface area contributed by atoms with Gasteiger partial charge in [0.25, 0.3) is 0 Å². The van der Waals surface area contributed by atoms with E-state index in [9.17, 15) is 19.5 Å². The van der Waals surface area contributed by atoms with Crippen molar-refractivity contribution >= 4 is 17.8 Å². The zero-order chi connectivity index (χ0) is 20.6. The van der Waals surface area contributed by atoms with Crippen LogP contribution in [0.3, 0.4) is 0 Å². The molecule has 0 spiro atoms. The maximum absolute atomic E-state index is 12.5. The fourth-order valence-corrected chi connectivity index (χ4v) is 2.48. The Bertz CT molecular complexity index is 647. The van der Waals surface area contributed by atoms with Crippen molar-refractivity contribution in [1.29, 1.82) is 0 Å². The molecule has 4 atom stereocenters. The van der Waals surface area contributed by atoms with Gasteiger partial charge < -0.3 is 26.2 Å². The minimum absolute atomic E-state index is 0.130. The number of methoxy groups -OCH3 is 1. The number of esters is 1. The number of nitrogens with two attached hydrogens (primary N) is 1. The zero-order valence-electron chi connectivity index (χ0n) is 16.2. The smallest absolute Gasteiger partial charge is 0.328 e. The number of hydrogen-bond acceptors (Lipinski definition) is 6. The van der Waals surface area contributed by atoms with Crippen molar-refractivity contribution in [2.45, 2.75) is 51.7 Å². The number of carbonyl (C=O) groups is 3. The summed E-state index contributed by atoms with van der Waals surface area (Å²) < 4.78 is 4.59. The molecule has 0 fully saturated rings. The number of hydrogen-bond donors (Lipinski definition) is 4. The van der Waals surface area contributed by atoms with Crippen LogP contribution in [0, 0.1) is 5.92 Å². The van der Waals surface area contributed by atoms with Crippen LogP contribution >= 0.6 is 0 Å². The molecule has 0 bridgehead atoms. The number of nitrogens with one attached hydrogen (secondary N) is 2. The summed E-state index contributed by atoms with van der Waals surface area (Å²) in [4.78, 5) is 36.5. The van der Waals surface area contributed by atoms with E-state index in [0.29, 0.717) is 6.42 Å². The van der Waals surface area contributed by atoms with Crippen LogP contribution in [0.4, 0.5) is 0 Å². The van der Waals surface area contributed by atoms with E-state index in [2.05, 4.69) is 15.4 Å². The second-order valence-electron chi connectivity index (χ2n) is 6.60. The van der Waals surface area contributed by atoms with Crippen LogP contribution in [0.25, 0.3) is 0 Å². The molecule has 27 heavy (non-hydrogen) atoms. The van der Waals surface area contributed by atoms with Crippen molar-refractivity contribution in [3.63, 3.8) is 0 Å². The van der Waals surface area contributed by atoms with E-state index in [1.54, 1.807) is 12.1 Å². The Labute approximate surface area is 159 Å². The van der Waals surface area contributed by atoms with Crippen LogP contribution in [-0.2, 0) is 25.5 Å². The highest BCUT2D eigenvalue weighted by Gasteiger charge is 2.30. The van der Waals surface area contributed by atoms with E-state index < -0.39 is 35.9 Å². The van der Waals surface area contributed by atoms with Gasteiger partial charge in [-0.1, -0.05) is 32.4 Å². The number of ether oxygens (including phenoxy) is 1. The van der Waals surface area contributed by atoms with Crippen LogP contribution in [0.2, 0.25) is 0 Å². The Kier molecular flexibility index (Phi) is 8.74. The molecule has 0 saturated carbocycles. The van der Waals surface area contributed by atoms with Crippen molar-refractivity contribution in [3.8, 4) is 5.75 Å². The van der Waals surface area contributed by atoms with Gasteiger partial charge >= 0.3 is 5.97 Å². The number of aromatic hydroxyl groups is 1. The molecule has 8 nitrogen and oxygen atoms in total. The minimum atomic E-state index is -0.855. The van der Waals surface area contributed by atoms with Gasteiger partial charge in [-0.2, -0.15) is 0 Å². The fourth-order valence-electron chi connectivity index (χ4n) is 2.48. The van der Waals surface area contributed by atoms with Gasteiger partial charge in [0, 0.05) is 0 Å². The number of rotatable bonds is 9. The molecule has 0 saturated heterocycles. The molecular weight excluding hydrogens is 350 g/mol. The largest absolute Gasteiger partial charge is 0.508 e. The van der Waals surface area contributed by atoms with Crippen LogP contribution in [0.1, 0.15) is 32.8 Å². The monoisotopic (exact) mass is 379 g/mol. The molecule has 0 heterocycles. The molecule has 150 valence electrons. The quantitative estimate of drug-likeness (QED) is 0.461. The predicted molar refractivity (Wildman–Crippen MR) is 101 cm³/mol. The molecule has 1 aromatic rings. The van der Waals surface area contributed by atoms with E-state index in [1.807, 2.05) is 13.8 Å². The lowest BCUT2D eigenvalue weighted by molar-refractivity contribution is -0.145. The predicted octanol–water partition coefficient (Wildman–Crippen LogP) is 0.471. The standard InChI is InChI=1S/C19H29N3O5/c1-5-11(2)16(18(25)21-12(3)19(26)27-4)22-17(24)15(20)10-13-6-8-14(23)9-7-13/h6-9,11-12,15-16,23H,5,10,20H2,1-4H3,(H,21,25)(H,22,24)/t11-,12-,15-,16-/m0/s1. The number of benzene rings is 1. The van der Waals surface area contributed by atoms with Crippen molar-refractivity contribution in [2.75, 3.05) is 7.11 Å². The first-order valence-electron chi connectivity index (χ1n) is 8.91. The topological polar surface area (TPSA) is 131 Å². The molecule has 1 aromatic carbocycles. The van der Waals surface area contributed by atoms with Crippen LogP contribution in [0.5, 0.6) is 5.75 Å². The van der Waals surface area contributed by atoms with E-state index >= 15 is 0 Å². The molecule has 0 radical (unpaired) electrons. The van der Waals surface area contributed by atoms with Gasteiger partial charge in [-0.3, -0.25) is 9.59 Å². The van der Waals surface area contributed by atoms with Gasteiger partial charge in [-0.15, -0.1) is 0 Å². The minimum Gasteiger partial charge on any atom is -0.508 e.